The van der Waals surface area contributed by atoms with Crippen LogP contribution in [0.3, 0.4) is 0 Å². The molecule has 0 spiro atoms. The Kier molecular flexibility index (Phi) is 9.23. The molecule has 0 aliphatic carbocycles. The van der Waals surface area contributed by atoms with Crippen LogP contribution in [0.4, 0.5) is 21.0 Å². The van der Waals surface area contributed by atoms with E-state index in [9.17, 15) is 19.2 Å². The van der Waals surface area contributed by atoms with Crippen molar-refractivity contribution in [2.24, 2.45) is 0 Å². The molecule has 3 rings (SSSR count). The van der Waals surface area contributed by atoms with Crippen LogP contribution in [-0.2, 0) is 9.59 Å². The van der Waals surface area contributed by atoms with Crippen molar-refractivity contribution in [1.82, 2.24) is 20.0 Å². The van der Waals surface area contributed by atoms with Crippen molar-refractivity contribution >= 4 is 70.3 Å². The number of anilines is 2. The lowest BCUT2D eigenvalue weighted by molar-refractivity contribution is -0.118. The maximum Gasteiger partial charge on any atom is 0.325 e. The number of thioether (sulfide) groups is 2. The van der Waals surface area contributed by atoms with Gasteiger partial charge < -0.3 is 10.6 Å². The molecule has 170 valence electrons. The van der Waals surface area contributed by atoms with E-state index < -0.39 is 23.9 Å². The summed E-state index contributed by atoms with van der Waals surface area (Å²) < 4.78 is 4.62. The summed E-state index contributed by atoms with van der Waals surface area (Å²) in [5, 5.41) is 9.91. The molecule has 3 aromatic rings. The Hall–Kier alpha value is -3.42. The fourth-order valence-corrected chi connectivity index (χ4v) is 4.49. The smallest absolute Gasteiger partial charge is 0.308 e. The number of nitrogens with one attached hydrogen (secondary N) is 4. The number of carbonyl (C=O) groups is 4. The third-order valence-electron chi connectivity index (χ3n) is 3.62. The first-order valence-electron chi connectivity index (χ1n) is 9.39. The molecule has 0 atom stereocenters. The van der Waals surface area contributed by atoms with E-state index in [1.54, 1.807) is 48.5 Å². The minimum Gasteiger partial charge on any atom is -0.308 e. The van der Waals surface area contributed by atoms with Gasteiger partial charge in [0.1, 0.15) is 0 Å². The highest BCUT2D eigenvalue weighted by Crippen LogP contribution is 2.24. The minimum absolute atomic E-state index is 0.0261. The fraction of sp³-hybridized carbons (Fsp3) is 0.100. The Labute approximate surface area is 201 Å². The van der Waals surface area contributed by atoms with Crippen LogP contribution < -0.4 is 21.3 Å². The molecule has 0 unspecified atom stereocenters. The van der Waals surface area contributed by atoms with Gasteiger partial charge in [-0.25, -0.2) is 14.6 Å². The quantitative estimate of drug-likeness (QED) is 0.343. The summed E-state index contributed by atoms with van der Waals surface area (Å²) in [4.78, 5) is 51.7. The number of benzene rings is 2. The normalized spacial score (nSPS) is 10.2. The molecule has 0 bridgehead atoms. The number of amides is 6. The van der Waals surface area contributed by atoms with Gasteiger partial charge in [0.15, 0.2) is 4.34 Å². The molecule has 0 saturated carbocycles. The first-order valence-corrected chi connectivity index (χ1v) is 12.1. The highest BCUT2D eigenvalue weighted by Gasteiger charge is 2.13. The Morgan fingerprint density at radius 2 is 1.21 bits per heavy atom. The molecule has 0 aliphatic rings. The first-order chi connectivity index (χ1) is 16.0. The zero-order valence-corrected chi connectivity index (χ0v) is 19.4. The van der Waals surface area contributed by atoms with E-state index in [0.29, 0.717) is 20.9 Å². The van der Waals surface area contributed by atoms with Crippen molar-refractivity contribution in [3.8, 4) is 0 Å². The molecule has 0 radical (unpaired) electrons. The van der Waals surface area contributed by atoms with Crippen LogP contribution in [0.5, 0.6) is 0 Å². The molecule has 0 fully saturated rings. The fourth-order valence-electron chi connectivity index (χ4n) is 2.26. The predicted octanol–water partition coefficient (Wildman–Crippen LogP) is 3.42. The molecule has 33 heavy (non-hydrogen) atoms. The van der Waals surface area contributed by atoms with Crippen molar-refractivity contribution in [2.75, 3.05) is 22.1 Å². The number of carbonyl (C=O) groups excluding carboxylic acids is 4. The molecule has 2 aromatic carbocycles. The second kappa shape index (κ2) is 12.6. The lowest BCUT2D eigenvalue weighted by Gasteiger charge is -2.05. The highest BCUT2D eigenvalue weighted by molar-refractivity contribution is 8.02. The molecule has 13 heteroatoms. The van der Waals surface area contributed by atoms with Gasteiger partial charge in [0.2, 0.25) is 17.0 Å². The van der Waals surface area contributed by atoms with E-state index in [1.165, 1.54) is 0 Å². The zero-order chi connectivity index (χ0) is 23.5. The largest absolute Gasteiger partial charge is 0.325 e. The number of aromatic nitrogens is 2. The van der Waals surface area contributed by atoms with Crippen LogP contribution >= 0.6 is 35.1 Å². The van der Waals surface area contributed by atoms with Crippen LogP contribution in [-0.4, -0.2) is 44.7 Å². The molecule has 1 heterocycles. The van der Waals surface area contributed by atoms with E-state index in [4.69, 9.17) is 0 Å². The van der Waals surface area contributed by atoms with Gasteiger partial charge in [-0.1, -0.05) is 59.9 Å². The summed E-state index contributed by atoms with van der Waals surface area (Å²) in [7, 11) is 0. The van der Waals surface area contributed by atoms with Crippen LogP contribution in [0, 0.1) is 0 Å². The monoisotopic (exact) mass is 502 g/mol. The molecular weight excluding hydrogens is 484 g/mol. The van der Waals surface area contributed by atoms with Gasteiger partial charge in [-0.3, -0.25) is 20.2 Å². The first kappa shape index (κ1) is 24.2. The molecule has 6 amide bonds. The van der Waals surface area contributed by atoms with Crippen LogP contribution in [0.25, 0.3) is 0 Å². The third kappa shape index (κ3) is 8.92. The number of hydrogen-bond donors (Lipinski definition) is 4. The van der Waals surface area contributed by atoms with Gasteiger partial charge in [0.05, 0.1) is 11.5 Å². The van der Waals surface area contributed by atoms with E-state index in [0.717, 1.165) is 35.1 Å². The summed E-state index contributed by atoms with van der Waals surface area (Å²) in [6.07, 6.45) is 0. The number of rotatable bonds is 8. The molecule has 0 aliphatic heterocycles. The molecule has 10 nitrogen and oxygen atoms in total. The van der Waals surface area contributed by atoms with Crippen LogP contribution in [0.2, 0.25) is 0 Å². The van der Waals surface area contributed by atoms with E-state index in [1.807, 2.05) is 12.1 Å². The number of imide groups is 2. The van der Waals surface area contributed by atoms with Gasteiger partial charge in [-0.15, -0.1) is 0 Å². The Morgan fingerprint density at radius 1 is 0.727 bits per heavy atom. The van der Waals surface area contributed by atoms with Crippen molar-refractivity contribution < 1.29 is 19.2 Å². The molecule has 1 aromatic heterocycles. The standard InChI is InChI=1S/C20H18N6O4S3/c27-15(23-17(29)21-13-7-3-1-4-8-13)11-31-19-25-20(33-26-19)32-12-16(28)24-18(30)22-14-9-5-2-6-10-14/h1-10H,11-12H2,(H2,21,23,27,29)(H2,22,24,28,30). The summed E-state index contributed by atoms with van der Waals surface area (Å²) in [5.74, 6) is -1.06. The third-order valence-corrected chi connectivity index (χ3v) is 6.41. The Morgan fingerprint density at radius 3 is 1.73 bits per heavy atom. The zero-order valence-electron chi connectivity index (χ0n) is 16.9. The van der Waals surface area contributed by atoms with Crippen molar-refractivity contribution in [2.45, 2.75) is 9.50 Å². The van der Waals surface area contributed by atoms with Crippen molar-refractivity contribution in [3.63, 3.8) is 0 Å². The predicted molar refractivity (Wildman–Crippen MR) is 129 cm³/mol. The van der Waals surface area contributed by atoms with Gasteiger partial charge in [0.25, 0.3) is 0 Å². The summed E-state index contributed by atoms with van der Waals surface area (Å²) in [6, 6.07) is 16.2. The van der Waals surface area contributed by atoms with E-state index in [2.05, 4.69) is 30.6 Å². The second-order valence-corrected chi connectivity index (χ2v) is 9.07. The number of para-hydroxylation sites is 2. The molecule has 0 saturated heterocycles. The van der Waals surface area contributed by atoms with Crippen molar-refractivity contribution in [1.29, 1.82) is 0 Å². The van der Waals surface area contributed by atoms with E-state index in [-0.39, 0.29) is 11.5 Å². The van der Waals surface area contributed by atoms with Crippen LogP contribution in [0.15, 0.2) is 70.2 Å². The summed E-state index contributed by atoms with van der Waals surface area (Å²) in [6.45, 7) is 0. The average Bonchev–Trinajstić information content (AvgIpc) is 3.25. The Bertz CT molecular complexity index is 1030. The van der Waals surface area contributed by atoms with Crippen molar-refractivity contribution in [3.05, 3.63) is 60.7 Å². The summed E-state index contributed by atoms with van der Waals surface area (Å²) >= 11 is 3.25. The second-order valence-electron chi connectivity index (χ2n) is 6.16. The lowest BCUT2D eigenvalue weighted by atomic mass is 10.3. The van der Waals surface area contributed by atoms with Gasteiger partial charge in [0, 0.05) is 11.4 Å². The number of hydrogen-bond acceptors (Lipinski definition) is 9. The van der Waals surface area contributed by atoms with Gasteiger partial charge >= 0.3 is 12.1 Å². The highest BCUT2D eigenvalue weighted by atomic mass is 32.2. The molecular formula is C20H18N6O4S3. The topological polar surface area (TPSA) is 142 Å². The average molecular weight is 503 g/mol. The number of urea groups is 2. The minimum atomic E-state index is -0.628. The lowest BCUT2D eigenvalue weighted by Crippen LogP contribution is -2.35. The Balaban J connectivity index is 1.34. The van der Waals surface area contributed by atoms with E-state index >= 15 is 0 Å². The maximum absolute atomic E-state index is 11.9. The number of nitrogens with zero attached hydrogens (tertiary/aromatic N) is 2. The molecule has 4 N–H and O–H groups in total. The van der Waals surface area contributed by atoms with Gasteiger partial charge in [-0.2, -0.15) is 4.37 Å². The SMILES string of the molecule is O=C(CSc1nsc(SCC(=O)NC(=O)Nc2ccccc2)n1)NC(=O)Nc1ccccc1. The van der Waals surface area contributed by atoms with Gasteiger partial charge in [-0.05, 0) is 35.8 Å². The summed E-state index contributed by atoms with van der Waals surface area (Å²) in [5.41, 5.74) is 1.14. The van der Waals surface area contributed by atoms with Crippen LogP contribution in [0.1, 0.15) is 0 Å². The maximum atomic E-state index is 11.9.